The third kappa shape index (κ3) is 6.20. The normalized spacial score (nSPS) is 19.1. The maximum Gasteiger partial charge on any atom is 0.382 e. The number of carbonyl (C=O) groups is 2. The van der Waals surface area contributed by atoms with Gasteiger partial charge in [-0.2, -0.15) is 8.78 Å². The number of benzene rings is 2. The molecule has 9 nitrogen and oxygen atoms in total. The van der Waals surface area contributed by atoms with Crippen molar-refractivity contribution >= 4 is 46.7 Å². The molecule has 0 saturated carbocycles. The number of aliphatic carboxylic acids is 1. The summed E-state index contributed by atoms with van der Waals surface area (Å²) in [5, 5.41) is 13.5. The van der Waals surface area contributed by atoms with Gasteiger partial charge < -0.3 is 19.5 Å². The van der Waals surface area contributed by atoms with Gasteiger partial charge in [0, 0.05) is 35.7 Å². The molecule has 2 atom stereocenters. The minimum absolute atomic E-state index is 0.0272. The van der Waals surface area contributed by atoms with E-state index in [1.165, 1.54) is 12.1 Å². The number of carbonyl (C=O) groups excluding carboxylic acids is 1. The Bertz CT molecular complexity index is 1490. The Morgan fingerprint density at radius 1 is 1.12 bits per heavy atom. The van der Waals surface area contributed by atoms with Gasteiger partial charge in [0.2, 0.25) is 11.7 Å². The smallest absolute Gasteiger partial charge is 0.382 e. The molecule has 42 heavy (non-hydrogen) atoms. The van der Waals surface area contributed by atoms with Crippen molar-refractivity contribution in [2.75, 3.05) is 19.7 Å². The van der Waals surface area contributed by atoms with Gasteiger partial charge in [-0.15, -0.1) is 10.2 Å². The van der Waals surface area contributed by atoms with Crippen LogP contribution in [0.3, 0.4) is 0 Å². The molecule has 0 aliphatic carbocycles. The molecule has 2 aliphatic rings. The van der Waals surface area contributed by atoms with E-state index in [2.05, 4.69) is 10.2 Å². The summed E-state index contributed by atoms with van der Waals surface area (Å²) in [5.41, 5.74) is 1.09. The first kappa shape index (κ1) is 30.5. The van der Waals surface area contributed by atoms with Gasteiger partial charge in [0.1, 0.15) is 18.0 Å². The zero-order valence-corrected chi connectivity index (χ0v) is 24.7. The van der Waals surface area contributed by atoms with E-state index in [0.29, 0.717) is 54.4 Å². The number of amides is 1. The Morgan fingerprint density at radius 2 is 1.86 bits per heavy atom. The van der Waals surface area contributed by atoms with Crippen LogP contribution in [0.5, 0.6) is 5.75 Å². The highest BCUT2D eigenvalue weighted by Gasteiger charge is 2.43. The summed E-state index contributed by atoms with van der Waals surface area (Å²) in [4.78, 5) is 26.3. The number of hydrogen-bond donors (Lipinski definition) is 1. The molecule has 0 unspecified atom stereocenters. The molecule has 1 fully saturated rings. The highest BCUT2D eigenvalue weighted by Crippen LogP contribution is 2.47. The largest absolute Gasteiger partial charge is 0.492 e. The van der Waals surface area contributed by atoms with Crippen molar-refractivity contribution in [3.05, 3.63) is 69.2 Å². The van der Waals surface area contributed by atoms with Crippen molar-refractivity contribution in [3.8, 4) is 11.4 Å². The number of aromatic nitrogens is 3. The minimum atomic E-state index is -3.89. The van der Waals surface area contributed by atoms with E-state index < -0.39 is 29.4 Å². The SMILES string of the molecule is CCOc1cccc([C@H]2O[C@H](CC(=O)N3CCC(CC(=O)O)CC3)c3nnc(C(F)(F)Cl)n3-c3ccc(Cl)cc32)c1Cl. The van der Waals surface area contributed by atoms with Crippen LogP contribution in [-0.4, -0.2) is 56.3 Å². The van der Waals surface area contributed by atoms with Gasteiger partial charge in [0.25, 0.3) is 0 Å². The third-order valence-electron chi connectivity index (χ3n) is 7.41. The highest BCUT2D eigenvalue weighted by molar-refractivity contribution is 6.33. The second-order valence-corrected chi connectivity index (χ2v) is 11.4. The molecule has 0 bridgehead atoms. The number of piperidine rings is 1. The number of halogens is 5. The predicted octanol–water partition coefficient (Wildman–Crippen LogP) is 6.53. The molecule has 0 radical (unpaired) electrons. The fourth-order valence-electron chi connectivity index (χ4n) is 5.46. The average Bonchev–Trinajstić information content (AvgIpc) is 3.34. The van der Waals surface area contributed by atoms with E-state index >= 15 is 0 Å². The number of carboxylic acid groups (broad SMARTS) is 1. The summed E-state index contributed by atoms with van der Waals surface area (Å²) in [6, 6.07) is 9.77. The van der Waals surface area contributed by atoms with Gasteiger partial charge in [-0.3, -0.25) is 14.2 Å². The Kier molecular flexibility index (Phi) is 8.94. The lowest BCUT2D eigenvalue weighted by Gasteiger charge is -2.32. The van der Waals surface area contributed by atoms with Crippen LogP contribution < -0.4 is 4.74 Å². The molecule has 3 aromatic rings. The van der Waals surface area contributed by atoms with E-state index in [1.807, 2.05) is 6.92 Å². The molecular weight excluding hydrogens is 617 g/mol. The van der Waals surface area contributed by atoms with Crippen LogP contribution in [0.4, 0.5) is 8.78 Å². The van der Waals surface area contributed by atoms with Crippen molar-refractivity contribution < 1.29 is 33.0 Å². The standard InChI is InChI=1S/C28H27Cl3F2N4O5/c1-2-41-20-5-3-4-17(24(20)30)25-18-13-16(29)6-7-19(18)37-26(34-35-27(37)28(31,32)33)21(42-25)14-22(38)36-10-8-15(9-11-36)12-23(39)40/h3-7,13,15,21,25H,2,8-12,14H2,1H3,(H,39,40)/t21-,25-/m1/s1. The lowest BCUT2D eigenvalue weighted by atomic mass is 9.93. The highest BCUT2D eigenvalue weighted by atomic mass is 35.5. The quantitative estimate of drug-likeness (QED) is 0.278. The summed E-state index contributed by atoms with van der Waals surface area (Å²) in [5.74, 6) is -1.69. The van der Waals surface area contributed by atoms with Gasteiger partial charge in [-0.1, -0.05) is 35.3 Å². The Hall–Kier alpha value is -2.99. The monoisotopic (exact) mass is 642 g/mol. The molecule has 14 heteroatoms. The van der Waals surface area contributed by atoms with E-state index in [9.17, 15) is 18.4 Å². The van der Waals surface area contributed by atoms with Gasteiger partial charge in [-0.05, 0) is 61.5 Å². The Balaban J connectivity index is 1.57. The molecular formula is C28H27Cl3F2N4O5. The van der Waals surface area contributed by atoms with Crippen LogP contribution >= 0.6 is 34.8 Å². The van der Waals surface area contributed by atoms with Crippen LogP contribution in [-0.2, 0) is 19.7 Å². The molecule has 5 rings (SSSR count). The minimum Gasteiger partial charge on any atom is -0.492 e. The second kappa shape index (κ2) is 12.3. The first-order chi connectivity index (χ1) is 20.0. The number of hydrogen-bond acceptors (Lipinski definition) is 6. The number of nitrogens with zero attached hydrogens (tertiary/aromatic N) is 4. The lowest BCUT2D eigenvalue weighted by Crippen LogP contribution is -2.39. The molecule has 1 saturated heterocycles. The fourth-order valence-corrected chi connectivity index (χ4v) is 6.04. The zero-order valence-electron chi connectivity index (χ0n) is 22.4. The maximum atomic E-state index is 14.6. The summed E-state index contributed by atoms with van der Waals surface area (Å²) >= 11 is 18.6. The fraction of sp³-hybridized carbons (Fsp3) is 0.429. The number of ether oxygens (including phenoxy) is 2. The summed E-state index contributed by atoms with van der Waals surface area (Å²) in [7, 11) is 0. The van der Waals surface area contributed by atoms with Crippen LogP contribution in [0, 0.1) is 5.92 Å². The molecule has 1 aromatic heterocycles. The van der Waals surface area contributed by atoms with E-state index in [-0.39, 0.29) is 41.2 Å². The molecule has 1 N–H and O–H groups in total. The topological polar surface area (TPSA) is 107 Å². The van der Waals surface area contributed by atoms with Crippen LogP contribution in [0.25, 0.3) is 5.69 Å². The van der Waals surface area contributed by atoms with Gasteiger partial charge in [0.05, 0.1) is 23.7 Å². The van der Waals surface area contributed by atoms with Gasteiger partial charge in [0.15, 0.2) is 5.82 Å². The van der Waals surface area contributed by atoms with Crippen molar-refractivity contribution in [1.29, 1.82) is 0 Å². The maximum absolute atomic E-state index is 14.6. The first-order valence-electron chi connectivity index (χ1n) is 13.4. The van der Waals surface area contributed by atoms with Crippen molar-refractivity contribution in [3.63, 3.8) is 0 Å². The number of likely N-dealkylation sites (tertiary alicyclic amines) is 1. The van der Waals surface area contributed by atoms with E-state index in [1.54, 1.807) is 29.2 Å². The summed E-state index contributed by atoms with van der Waals surface area (Å²) < 4.78 is 42.6. The predicted molar refractivity (Wildman–Crippen MR) is 151 cm³/mol. The van der Waals surface area contributed by atoms with Crippen molar-refractivity contribution in [1.82, 2.24) is 19.7 Å². The van der Waals surface area contributed by atoms with Crippen molar-refractivity contribution in [2.24, 2.45) is 5.92 Å². The van der Waals surface area contributed by atoms with Gasteiger partial charge >= 0.3 is 11.4 Å². The average molecular weight is 644 g/mol. The molecule has 2 aromatic carbocycles. The van der Waals surface area contributed by atoms with Crippen LogP contribution in [0.1, 0.15) is 67.6 Å². The second-order valence-electron chi connectivity index (χ2n) is 10.1. The van der Waals surface area contributed by atoms with Crippen LogP contribution in [0.15, 0.2) is 36.4 Å². The number of fused-ring (bicyclic) bond motifs is 3. The Labute approximate surface area is 255 Å². The van der Waals surface area contributed by atoms with E-state index in [0.717, 1.165) is 4.57 Å². The molecule has 224 valence electrons. The molecule has 2 aliphatic heterocycles. The Morgan fingerprint density at radius 3 is 2.52 bits per heavy atom. The lowest BCUT2D eigenvalue weighted by molar-refractivity contribution is -0.139. The first-order valence-corrected chi connectivity index (χ1v) is 14.5. The van der Waals surface area contributed by atoms with Gasteiger partial charge in [-0.25, -0.2) is 0 Å². The third-order valence-corrected chi connectivity index (χ3v) is 8.22. The summed E-state index contributed by atoms with van der Waals surface area (Å²) in [6.07, 6.45) is -1.25. The number of carboxylic acids is 1. The van der Waals surface area contributed by atoms with Crippen molar-refractivity contribution in [2.45, 2.75) is 50.2 Å². The molecule has 0 spiro atoms. The zero-order chi connectivity index (χ0) is 30.2. The molecule has 3 heterocycles. The summed E-state index contributed by atoms with van der Waals surface area (Å²) in [6.45, 7) is 2.89. The molecule has 1 amide bonds. The van der Waals surface area contributed by atoms with Crippen LogP contribution in [0.2, 0.25) is 10.0 Å². The van der Waals surface area contributed by atoms with E-state index in [4.69, 9.17) is 49.4 Å². The number of rotatable bonds is 8. The number of alkyl halides is 3.